The van der Waals surface area contributed by atoms with Crippen molar-refractivity contribution in [3.63, 3.8) is 0 Å². The summed E-state index contributed by atoms with van der Waals surface area (Å²) in [5.74, 6) is 1.14. The van der Waals surface area contributed by atoms with Crippen LogP contribution in [0, 0.1) is 0 Å². The Balaban J connectivity index is 1.97. The number of rotatable bonds is 1. The lowest BCUT2D eigenvalue weighted by Crippen LogP contribution is -2.27. The van der Waals surface area contributed by atoms with Crippen LogP contribution >= 0.6 is 0 Å². The van der Waals surface area contributed by atoms with Crippen molar-refractivity contribution < 1.29 is 5.11 Å². The first-order valence-corrected chi connectivity index (χ1v) is 7.40. The summed E-state index contributed by atoms with van der Waals surface area (Å²) in [7, 11) is 0. The largest absolute Gasteiger partial charge is 0.494 e. The molecule has 1 saturated carbocycles. The first kappa shape index (κ1) is 11.4. The highest BCUT2D eigenvalue weighted by molar-refractivity contribution is 5.94. The minimum atomic E-state index is 0.494. The zero-order valence-corrected chi connectivity index (χ0v) is 11.2. The summed E-state index contributed by atoms with van der Waals surface area (Å²) in [5.41, 5.74) is 2.62. The van der Waals surface area contributed by atoms with Crippen LogP contribution < -0.4 is 5.32 Å². The molecule has 0 amide bonds. The standard InChI is InChI=1S/C16H20N2O/c19-16-15-12(11-4-1-2-5-11)6-3-7-13(15)14-10-17-8-9-18(14)16/h3,6-7,11,17,19H,1-2,4-5,8-10H2. The molecule has 0 saturated heterocycles. The third kappa shape index (κ3) is 1.61. The molecule has 3 nitrogen and oxygen atoms in total. The van der Waals surface area contributed by atoms with Crippen LogP contribution in [0.25, 0.3) is 10.8 Å². The Labute approximate surface area is 113 Å². The number of nitrogens with zero attached hydrogens (tertiary/aromatic N) is 1. The highest BCUT2D eigenvalue weighted by atomic mass is 16.3. The van der Waals surface area contributed by atoms with Crippen molar-refractivity contribution in [1.29, 1.82) is 0 Å². The zero-order valence-electron chi connectivity index (χ0n) is 11.2. The summed E-state index contributed by atoms with van der Waals surface area (Å²) in [6, 6.07) is 6.54. The van der Waals surface area contributed by atoms with Gasteiger partial charge in [-0.25, -0.2) is 0 Å². The Kier molecular flexibility index (Phi) is 2.55. The quantitative estimate of drug-likeness (QED) is 0.822. The monoisotopic (exact) mass is 256 g/mol. The summed E-state index contributed by atoms with van der Waals surface area (Å²) in [6.07, 6.45) is 5.21. The summed E-state index contributed by atoms with van der Waals surface area (Å²) >= 11 is 0. The van der Waals surface area contributed by atoms with E-state index in [0.717, 1.165) is 25.0 Å². The highest BCUT2D eigenvalue weighted by Gasteiger charge is 2.25. The number of aromatic nitrogens is 1. The second-order valence-electron chi connectivity index (χ2n) is 5.85. The number of nitrogens with one attached hydrogen (secondary N) is 1. The van der Waals surface area contributed by atoms with Crippen LogP contribution in [-0.4, -0.2) is 16.2 Å². The van der Waals surface area contributed by atoms with E-state index in [-0.39, 0.29) is 0 Å². The molecule has 0 unspecified atom stereocenters. The van der Waals surface area contributed by atoms with E-state index in [1.807, 2.05) is 0 Å². The van der Waals surface area contributed by atoms with Crippen molar-refractivity contribution in [2.75, 3.05) is 6.54 Å². The summed E-state index contributed by atoms with van der Waals surface area (Å²) in [4.78, 5) is 0. The molecule has 1 aliphatic carbocycles. The Morgan fingerprint density at radius 2 is 2.05 bits per heavy atom. The molecule has 1 aliphatic heterocycles. The molecule has 0 spiro atoms. The second kappa shape index (κ2) is 4.27. The van der Waals surface area contributed by atoms with Gasteiger partial charge in [0.15, 0.2) is 5.88 Å². The van der Waals surface area contributed by atoms with Gasteiger partial charge in [0.1, 0.15) is 0 Å². The van der Waals surface area contributed by atoms with Gasteiger partial charge in [0.2, 0.25) is 0 Å². The maximum absolute atomic E-state index is 10.6. The number of hydrogen-bond donors (Lipinski definition) is 2. The van der Waals surface area contributed by atoms with Crippen LogP contribution in [0.3, 0.4) is 0 Å². The SMILES string of the molecule is Oc1c2c(C3CCCC3)cccc2c2n1CCNC2. The lowest BCUT2D eigenvalue weighted by atomic mass is 9.93. The molecule has 1 aromatic carbocycles. The molecular weight excluding hydrogens is 236 g/mol. The molecule has 2 N–H and O–H groups in total. The van der Waals surface area contributed by atoms with Crippen molar-refractivity contribution in [3.8, 4) is 5.88 Å². The zero-order chi connectivity index (χ0) is 12.8. The van der Waals surface area contributed by atoms with E-state index in [2.05, 4.69) is 28.1 Å². The lowest BCUT2D eigenvalue weighted by molar-refractivity contribution is 0.396. The molecule has 2 aliphatic rings. The van der Waals surface area contributed by atoms with E-state index < -0.39 is 0 Å². The molecule has 1 aromatic heterocycles. The maximum Gasteiger partial charge on any atom is 0.199 e. The van der Waals surface area contributed by atoms with Crippen molar-refractivity contribution in [3.05, 3.63) is 29.5 Å². The van der Waals surface area contributed by atoms with Gasteiger partial charge in [0.25, 0.3) is 0 Å². The molecule has 2 aromatic rings. The van der Waals surface area contributed by atoms with Crippen LogP contribution in [0.5, 0.6) is 5.88 Å². The Bertz CT molecular complexity index is 623. The third-order valence-electron chi connectivity index (χ3n) is 4.81. The molecule has 3 heteroatoms. The van der Waals surface area contributed by atoms with Gasteiger partial charge < -0.3 is 15.0 Å². The second-order valence-corrected chi connectivity index (χ2v) is 5.85. The van der Waals surface area contributed by atoms with E-state index in [1.165, 1.54) is 42.3 Å². The van der Waals surface area contributed by atoms with Gasteiger partial charge in [-0.1, -0.05) is 31.0 Å². The molecule has 2 heterocycles. The predicted molar refractivity (Wildman–Crippen MR) is 76.5 cm³/mol. The fourth-order valence-electron chi connectivity index (χ4n) is 3.87. The molecule has 0 atom stereocenters. The van der Waals surface area contributed by atoms with E-state index in [9.17, 15) is 5.11 Å². The van der Waals surface area contributed by atoms with Crippen molar-refractivity contribution in [2.45, 2.75) is 44.7 Å². The average molecular weight is 256 g/mol. The Morgan fingerprint density at radius 1 is 1.21 bits per heavy atom. The molecule has 19 heavy (non-hydrogen) atoms. The van der Waals surface area contributed by atoms with Gasteiger partial charge in [0, 0.05) is 36.1 Å². The predicted octanol–water partition coefficient (Wildman–Crippen LogP) is 3.11. The van der Waals surface area contributed by atoms with E-state index >= 15 is 0 Å². The summed E-state index contributed by atoms with van der Waals surface area (Å²) in [6.45, 7) is 2.69. The van der Waals surface area contributed by atoms with Crippen molar-refractivity contribution in [2.24, 2.45) is 0 Å². The third-order valence-corrected chi connectivity index (χ3v) is 4.81. The molecule has 1 fully saturated rings. The minimum Gasteiger partial charge on any atom is -0.494 e. The van der Waals surface area contributed by atoms with Crippen LogP contribution in [0.15, 0.2) is 18.2 Å². The van der Waals surface area contributed by atoms with Gasteiger partial charge in [-0.3, -0.25) is 0 Å². The topological polar surface area (TPSA) is 37.2 Å². The molecule has 0 bridgehead atoms. The van der Waals surface area contributed by atoms with Gasteiger partial charge >= 0.3 is 0 Å². The maximum atomic E-state index is 10.6. The van der Waals surface area contributed by atoms with Gasteiger partial charge in [0.05, 0.1) is 0 Å². The van der Waals surface area contributed by atoms with Crippen molar-refractivity contribution >= 4 is 10.8 Å². The molecule has 0 radical (unpaired) electrons. The normalized spacial score (nSPS) is 20.0. The van der Waals surface area contributed by atoms with E-state index in [1.54, 1.807) is 0 Å². The van der Waals surface area contributed by atoms with Gasteiger partial charge in [-0.05, 0) is 24.3 Å². The number of aromatic hydroxyl groups is 1. The van der Waals surface area contributed by atoms with Crippen molar-refractivity contribution in [1.82, 2.24) is 9.88 Å². The van der Waals surface area contributed by atoms with Crippen LogP contribution in [0.2, 0.25) is 0 Å². The fraction of sp³-hybridized carbons (Fsp3) is 0.500. The van der Waals surface area contributed by atoms with Gasteiger partial charge in [-0.2, -0.15) is 0 Å². The number of hydrogen-bond acceptors (Lipinski definition) is 2. The molecular formula is C16H20N2O. The number of benzene rings is 1. The Hall–Kier alpha value is -1.48. The van der Waals surface area contributed by atoms with Crippen LogP contribution in [0.4, 0.5) is 0 Å². The Morgan fingerprint density at radius 3 is 2.89 bits per heavy atom. The first-order chi connectivity index (χ1) is 9.36. The summed E-state index contributed by atoms with van der Waals surface area (Å²) < 4.78 is 2.10. The van der Waals surface area contributed by atoms with E-state index in [0.29, 0.717) is 11.8 Å². The smallest absolute Gasteiger partial charge is 0.199 e. The summed E-state index contributed by atoms with van der Waals surface area (Å²) in [5, 5.41) is 16.4. The van der Waals surface area contributed by atoms with E-state index in [4.69, 9.17) is 0 Å². The highest BCUT2D eigenvalue weighted by Crippen LogP contribution is 2.42. The average Bonchev–Trinajstić information content (AvgIpc) is 3.08. The molecule has 100 valence electrons. The first-order valence-electron chi connectivity index (χ1n) is 7.40. The number of fused-ring (bicyclic) bond motifs is 3. The lowest BCUT2D eigenvalue weighted by Gasteiger charge is -2.17. The minimum absolute atomic E-state index is 0.494. The molecule has 4 rings (SSSR count). The van der Waals surface area contributed by atoms with Gasteiger partial charge in [-0.15, -0.1) is 0 Å². The van der Waals surface area contributed by atoms with Crippen LogP contribution in [-0.2, 0) is 13.1 Å². The fourth-order valence-corrected chi connectivity index (χ4v) is 3.87. The van der Waals surface area contributed by atoms with Crippen LogP contribution in [0.1, 0.15) is 42.9 Å².